The summed E-state index contributed by atoms with van der Waals surface area (Å²) in [5.74, 6) is 0.216. The van der Waals surface area contributed by atoms with Crippen LogP contribution < -0.4 is 10.9 Å². The molecule has 1 fully saturated rings. The summed E-state index contributed by atoms with van der Waals surface area (Å²) in [6, 6.07) is 9.98. The zero-order valence-corrected chi connectivity index (χ0v) is 20.4. The molecule has 184 valence electrons. The molecule has 11 heteroatoms. The maximum absolute atomic E-state index is 13.0. The first-order valence-electron chi connectivity index (χ1n) is 11.7. The number of azide groups is 1. The number of amides is 1. The zero-order valence-electron chi connectivity index (χ0n) is 19.6. The molecular weight excluding hydrogens is 466 g/mol. The van der Waals surface area contributed by atoms with Crippen molar-refractivity contribution in [1.29, 1.82) is 0 Å². The summed E-state index contributed by atoms with van der Waals surface area (Å²) in [5, 5.41) is 19.6. The molecule has 1 aromatic carbocycles. The number of hydrogen-bond acceptors (Lipinski definition) is 7. The highest BCUT2D eigenvalue weighted by Gasteiger charge is 2.35. The van der Waals surface area contributed by atoms with Gasteiger partial charge in [-0.2, -0.15) is 0 Å². The van der Waals surface area contributed by atoms with E-state index in [1.54, 1.807) is 0 Å². The third-order valence-electron chi connectivity index (χ3n) is 6.50. The number of rotatable bonds is 9. The van der Waals surface area contributed by atoms with Crippen LogP contribution in [0.1, 0.15) is 37.7 Å². The molecule has 3 aromatic rings. The number of fused-ring (bicyclic) bond motifs is 1. The van der Waals surface area contributed by atoms with E-state index < -0.39 is 5.60 Å². The Labute approximate surface area is 206 Å². The summed E-state index contributed by atoms with van der Waals surface area (Å²) < 4.78 is 1.96. The molecule has 10 nitrogen and oxygen atoms in total. The first-order chi connectivity index (χ1) is 16.9. The van der Waals surface area contributed by atoms with Crippen molar-refractivity contribution in [3.8, 4) is 0 Å². The van der Waals surface area contributed by atoms with Crippen LogP contribution >= 0.6 is 11.3 Å². The smallest absolute Gasteiger partial charge is 0.271 e. The van der Waals surface area contributed by atoms with Gasteiger partial charge in [-0.25, -0.2) is 4.98 Å². The molecular formula is C24H29N7O3S. The molecule has 0 aliphatic carbocycles. The lowest BCUT2D eigenvalue weighted by atomic mass is 9.90. The summed E-state index contributed by atoms with van der Waals surface area (Å²) in [4.78, 5) is 34.8. The number of benzene rings is 1. The number of carbonyl (C=O) groups is 1. The topological polar surface area (TPSA) is 136 Å². The minimum Gasteiger partial charge on any atom is -0.388 e. The number of anilines is 1. The van der Waals surface area contributed by atoms with E-state index >= 15 is 0 Å². The maximum Gasteiger partial charge on any atom is 0.271 e. The Morgan fingerprint density at radius 3 is 2.80 bits per heavy atom. The Kier molecular flexibility index (Phi) is 7.70. The molecule has 4 rings (SSSR count). The summed E-state index contributed by atoms with van der Waals surface area (Å²) in [6.07, 6.45) is 2.70. The normalized spacial score (nSPS) is 16.0. The Morgan fingerprint density at radius 1 is 1.34 bits per heavy atom. The van der Waals surface area contributed by atoms with Crippen molar-refractivity contribution in [2.24, 2.45) is 5.11 Å². The van der Waals surface area contributed by atoms with Crippen LogP contribution in [-0.4, -0.2) is 57.2 Å². The fourth-order valence-electron chi connectivity index (χ4n) is 4.40. The molecule has 2 N–H and O–H groups in total. The Morgan fingerprint density at radius 2 is 2.09 bits per heavy atom. The lowest BCUT2D eigenvalue weighted by Crippen LogP contribution is -2.49. The van der Waals surface area contributed by atoms with Crippen LogP contribution in [0.4, 0.5) is 5.69 Å². The molecule has 35 heavy (non-hydrogen) atoms. The van der Waals surface area contributed by atoms with Crippen LogP contribution in [0.25, 0.3) is 20.7 Å². The molecule has 1 atom stereocenters. The fraction of sp³-hybridized carbons (Fsp3) is 0.458. The van der Waals surface area contributed by atoms with Crippen molar-refractivity contribution < 1.29 is 9.90 Å². The van der Waals surface area contributed by atoms with Crippen molar-refractivity contribution in [2.45, 2.75) is 44.2 Å². The maximum atomic E-state index is 13.0. The molecule has 1 amide bonds. The van der Waals surface area contributed by atoms with Crippen molar-refractivity contribution in [3.05, 3.63) is 68.4 Å². The molecule has 1 aliphatic rings. The van der Waals surface area contributed by atoms with Gasteiger partial charge in [-0.15, -0.1) is 11.3 Å². The SMILES string of the molecule is C[C@H](CC(=O)N1CCC(O)(Cn2cnc3c(NCCN=[N+]=[N-])csc3c2=O)CC1)c1ccccc1. The van der Waals surface area contributed by atoms with Crippen LogP contribution in [0, 0.1) is 0 Å². The number of thiophene rings is 1. The number of aliphatic hydroxyl groups is 1. The number of carbonyl (C=O) groups excluding carboxylic acids is 1. The lowest BCUT2D eigenvalue weighted by Gasteiger charge is -2.38. The number of hydrogen-bond donors (Lipinski definition) is 2. The van der Waals surface area contributed by atoms with Crippen molar-refractivity contribution in [1.82, 2.24) is 14.5 Å². The lowest BCUT2D eigenvalue weighted by molar-refractivity contribution is -0.136. The van der Waals surface area contributed by atoms with Gasteiger partial charge < -0.3 is 15.3 Å². The van der Waals surface area contributed by atoms with Gasteiger partial charge in [-0.1, -0.05) is 42.4 Å². The molecule has 2 aromatic heterocycles. The second-order valence-electron chi connectivity index (χ2n) is 9.01. The van der Waals surface area contributed by atoms with Gasteiger partial charge in [-0.3, -0.25) is 14.2 Å². The third-order valence-corrected chi connectivity index (χ3v) is 7.45. The van der Waals surface area contributed by atoms with Crippen molar-refractivity contribution in [2.75, 3.05) is 31.5 Å². The van der Waals surface area contributed by atoms with E-state index in [-0.39, 0.29) is 23.9 Å². The number of likely N-dealkylation sites (tertiary alicyclic amines) is 1. The van der Waals surface area contributed by atoms with Crippen LogP contribution in [0.3, 0.4) is 0 Å². The van der Waals surface area contributed by atoms with Crippen LogP contribution in [0.5, 0.6) is 0 Å². The Bertz CT molecular complexity index is 1280. The Hall–Kier alpha value is -3.40. The second kappa shape index (κ2) is 10.9. The van der Waals surface area contributed by atoms with Gasteiger partial charge in [0.15, 0.2) is 0 Å². The van der Waals surface area contributed by atoms with Gasteiger partial charge in [0, 0.05) is 42.9 Å². The molecule has 0 unspecified atom stereocenters. The van der Waals surface area contributed by atoms with Gasteiger partial charge in [0.2, 0.25) is 5.91 Å². The van der Waals surface area contributed by atoms with Crippen LogP contribution in [0.15, 0.2) is 51.9 Å². The van der Waals surface area contributed by atoms with E-state index in [4.69, 9.17) is 5.53 Å². The third kappa shape index (κ3) is 5.82. The molecule has 0 spiro atoms. The highest BCUT2D eigenvalue weighted by Crippen LogP contribution is 2.28. The number of nitrogens with one attached hydrogen (secondary N) is 1. The fourth-order valence-corrected chi connectivity index (χ4v) is 5.33. The van der Waals surface area contributed by atoms with Crippen molar-refractivity contribution >= 4 is 33.1 Å². The van der Waals surface area contributed by atoms with Crippen molar-refractivity contribution in [3.63, 3.8) is 0 Å². The Balaban J connectivity index is 1.36. The number of aromatic nitrogens is 2. The van der Waals surface area contributed by atoms with Gasteiger partial charge in [0.25, 0.3) is 5.56 Å². The van der Waals surface area contributed by atoms with E-state index in [0.717, 1.165) is 11.3 Å². The van der Waals surface area contributed by atoms with Gasteiger partial charge in [-0.05, 0) is 29.9 Å². The predicted octanol–water partition coefficient (Wildman–Crippen LogP) is 3.73. The first kappa shape index (κ1) is 24.7. The van der Waals surface area contributed by atoms with Gasteiger partial charge in [0.1, 0.15) is 10.2 Å². The summed E-state index contributed by atoms with van der Waals surface area (Å²) in [7, 11) is 0. The van der Waals surface area contributed by atoms with Gasteiger partial charge in [0.05, 0.1) is 24.2 Å². The summed E-state index contributed by atoms with van der Waals surface area (Å²) in [5.41, 5.74) is 9.52. The monoisotopic (exact) mass is 495 g/mol. The summed E-state index contributed by atoms with van der Waals surface area (Å²) in [6.45, 7) is 3.84. The van der Waals surface area contributed by atoms with E-state index in [0.29, 0.717) is 55.7 Å². The minimum atomic E-state index is -1.07. The minimum absolute atomic E-state index is 0.0859. The molecule has 3 heterocycles. The summed E-state index contributed by atoms with van der Waals surface area (Å²) >= 11 is 1.29. The molecule has 1 saturated heterocycles. The number of piperidine rings is 1. The molecule has 0 radical (unpaired) electrons. The van der Waals surface area contributed by atoms with E-state index in [2.05, 4.69) is 27.3 Å². The highest BCUT2D eigenvalue weighted by atomic mass is 32.1. The standard InChI is InChI=1S/C24H29N7O3S/c1-17(18-5-3-2-4-6-18)13-20(32)30-11-7-24(34,8-12-30)15-31-16-27-21-19(26-9-10-28-29-25)14-35-22(21)23(31)33/h2-6,14,16-17,26,34H,7-13,15H2,1H3/t17-/m1/s1. The molecule has 0 saturated carbocycles. The van der Waals surface area contributed by atoms with E-state index in [1.165, 1.54) is 22.2 Å². The largest absolute Gasteiger partial charge is 0.388 e. The first-order valence-corrected chi connectivity index (χ1v) is 12.5. The quantitative estimate of drug-likeness (QED) is 0.202. The number of nitrogens with zero attached hydrogens (tertiary/aromatic N) is 6. The predicted molar refractivity (Wildman–Crippen MR) is 137 cm³/mol. The average Bonchev–Trinajstić information content (AvgIpc) is 3.28. The molecule has 1 aliphatic heterocycles. The second-order valence-corrected chi connectivity index (χ2v) is 9.89. The van der Waals surface area contributed by atoms with E-state index in [1.807, 2.05) is 40.6 Å². The van der Waals surface area contributed by atoms with Crippen LogP contribution in [0.2, 0.25) is 0 Å². The highest BCUT2D eigenvalue weighted by molar-refractivity contribution is 7.17. The zero-order chi connectivity index (χ0) is 24.8. The van der Waals surface area contributed by atoms with Crippen LogP contribution in [-0.2, 0) is 11.3 Å². The van der Waals surface area contributed by atoms with E-state index in [9.17, 15) is 14.7 Å². The molecule has 0 bridgehead atoms. The van der Waals surface area contributed by atoms with Gasteiger partial charge >= 0.3 is 0 Å². The average molecular weight is 496 g/mol.